The number of nitrogens with zero attached hydrogens (tertiary/aromatic N) is 3. The van der Waals surface area contributed by atoms with E-state index < -0.39 is 29.3 Å². The number of fused-ring (bicyclic) bond motifs is 2. The molecule has 8 nitrogen and oxygen atoms in total. The smallest absolute Gasteiger partial charge is 0.249 e. The van der Waals surface area contributed by atoms with Crippen molar-refractivity contribution in [2.75, 3.05) is 26.2 Å². The van der Waals surface area contributed by atoms with Crippen LogP contribution in [0.25, 0.3) is 5.70 Å². The second kappa shape index (κ2) is 9.50. The van der Waals surface area contributed by atoms with Gasteiger partial charge in [-0.05, 0) is 30.4 Å². The molecule has 2 saturated heterocycles. The number of ether oxygens (including phenoxy) is 1. The fourth-order valence-electron chi connectivity index (χ4n) is 6.50. The van der Waals surface area contributed by atoms with Crippen molar-refractivity contribution in [2.24, 2.45) is 16.6 Å². The lowest BCUT2D eigenvalue weighted by Crippen LogP contribution is -2.46. The van der Waals surface area contributed by atoms with E-state index in [9.17, 15) is 14.4 Å². The standard InChI is InChI=1S/C26H29ClN4O4S/c27-17-11-31(22-19(32)12-35-23(17)22)25(34)20(14-5-2-1-3-6-14)21-15(7-4-8-16(21)24(28)33)18-13-36-26-29-9-10-30(18)26/h4,7-8,13-14,17,20,22-23H,1-3,5-6,9-12H2,(H2,28,33)/t17-,20-,22+,23+/m0/s1. The van der Waals surface area contributed by atoms with E-state index in [0.29, 0.717) is 17.7 Å². The number of likely N-dealkylation sites (tertiary alicyclic amines) is 1. The summed E-state index contributed by atoms with van der Waals surface area (Å²) < 4.78 is 5.65. The Morgan fingerprint density at radius 1 is 1.22 bits per heavy atom. The van der Waals surface area contributed by atoms with Crippen molar-refractivity contribution < 1.29 is 19.1 Å². The number of benzene rings is 1. The van der Waals surface area contributed by atoms with Crippen molar-refractivity contribution in [2.45, 2.75) is 55.5 Å². The maximum absolute atomic E-state index is 14.5. The minimum Gasteiger partial charge on any atom is -0.366 e. The van der Waals surface area contributed by atoms with Gasteiger partial charge in [0.25, 0.3) is 0 Å². The van der Waals surface area contributed by atoms with Crippen molar-refractivity contribution in [3.63, 3.8) is 0 Å². The van der Waals surface area contributed by atoms with Gasteiger partial charge in [-0.3, -0.25) is 19.4 Å². The van der Waals surface area contributed by atoms with E-state index in [1.165, 1.54) is 0 Å². The van der Waals surface area contributed by atoms with Crippen molar-refractivity contribution >= 4 is 51.8 Å². The third-order valence-corrected chi connectivity index (χ3v) is 9.41. The predicted octanol–water partition coefficient (Wildman–Crippen LogP) is 2.95. The van der Waals surface area contributed by atoms with Crippen LogP contribution in [0.4, 0.5) is 0 Å². The highest BCUT2D eigenvalue weighted by atomic mass is 35.5. The number of nitrogens with two attached hydrogens (primary N) is 1. The molecule has 1 aromatic carbocycles. The number of hydrogen-bond acceptors (Lipinski definition) is 7. The third kappa shape index (κ3) is 3.87. The molecule has 0 spiro atoms. The van der Waals surface area contributed by atoms with Crippen molar-refractivity contribution in [3.05, 3.63) is 40.3 Å². The quantitative estimate of drug-likeness (QED) is 0.589. The summed E-state index contributed by atoms with van der Waals surface area (Å²) >= 11 is 8.11. The number of amidine groups is 1. The average Bonchev–Trinajstić information content (AvgIpc) is 3.64. The Balaban J connectivity index is 1.48. The molecule has 190 valence electrons. The molecule has 36 heavy (non-hydrogen) atoms. The van der Waals surface area contributed by atoms with Crippen LogP contribution in [0.1, 0.15) is 59.5 Å². The molecule has 2 N–H and O–H groups in total. The summed E-state index contributed by atoms with van der Waals surface area (Å²) in [5.74, 6) is -1.39. The van der Waals surface area contributed by atoms with E-state index in [1.54, 1.807) is 22.7 Å². The van der Waals surface area contributed by atoms with Crippen molar-refractivity contribution in [1.29, 1.82) is 0 Å². The summed E-state index contributed by atoms with van der Waals surface area (Å²) in [5.41, 5.74) is 8.73. The van der Waals surface area contributed by atoms with Crippen LogP contribution in [-0.2, 0) is 14.3 Å². The topological polar surface area (TPSA) is 105 Å². The molecule has 4 atom stereocenters. The van der Waals surface area contributed by atoms with Gasteiger partial charge in [-0.15, -0.1) is 11.6 Å². The number of hydrogen-bond donors (Lipinski definition) is 1. The lowest BCUT2D eigenvalue weighted by Gasteiger charge is -2.36. The van der Waals surface area contributed by atoms with E-state index in [0.717, 1.165) is 55.1 Å². The first-order valence-corrected chi connectivity index (χ1v) is 14.0. The molecular weight excluding hydrogens is 500 g/mol. The molecule has 1 aromatic rings. The predicted molar refractivity (Wildman–Crippen MR) is 139 cm³/mol. The van der Waals surface area contributed by atoms with E-state index in [-0.39, 0.29) is 30.8 Å². The molecule has 4 heterocycles. The average molecular weight is 529 g/mol. The van der Waals surface area contributed by atoms with Gasteiger partial charge >= 0.3 is 0 Å². The van der Waals surface area contributed by atoms with Gasteiger partial charge in [0.15, 0.2) is 11.0 Å². The molecule has 0 radical (unpaired) electrons. The van der Waals surface area contributed by atoms with Crippen molar-refractivity contribution in [1.82, 2.24) is 9.80 Å². The first-order chi connectivity index (χ1) is 17.5. The Morgan fingerprint density at radius 3 is 2.81 bits per heavy atom. The van der Waals surface area contributed by atoms with Gasteiger partial charge in [-0.25, -0.2) is 0 Å². The Kier molecular flexibility index (Phi) is 6.34. The zero-order chi connectivity index (χ0) is 25.0. The molecule has 0 aromatic heterocycles. The number of ketones is 1. The van der Waals surface area contributed by atoms with Gasteiger partial charge in [0.05, 0.1) is 23.5 Å². The highest BCUT2D eigenvalue weighted by molar-refractivity contribution is 8.16. The number of carbonyl (C=O) groups excluding carboxylic acids is 3. The first-order valence-electron chi connectivity index (χ1n) is 12.7. The third-order valence-electron chi connectivity index (χ3n) is 8.12. The van der Waals surface area contributed by atoms with Crippen LogP contribution < -0.4 is 5.73 Å². The molecule has 0 unspecified atom stereocenters. The van der Waals surface area contributed by atoms with Crippen LogP contribution in [0.3, 0.4) is 0 Å². The second-order valence-corrected chi connectivity index (χ2v) is 11.5. The number of primary amides is 1. The highest BCUT2D eigenvalue weighted by Crippen LogP contribution is 2.46. The van der Waals surface area contributed by atoms with Crippen LogP contribution in [-0.4, -0.2) is 76.3 Å². The summed E-state index contributed by atoms with van der Waals surface area (Å²) in [6.45, 7) is 1.69. The Bertz CT molecular complexity index is 1180. The van der Waals surface area contributed by atoms with Gasteiger partial charge in [0.2, 0.25) is 11.8 Å². The number of aliphatic imine (C=N–C) groups is 1. The minimum absolute atomic E-state index is 0.0271. The molecular formula is C26H29ClN4O4S. The highest BCUT2D eigenvalue weighted by Gasteiger charge is 2.53. The minimum atomic E-state index is -0.672. The number of halogens is 1. The summed E-state index contributed by atoms with van der Waals surface area (Å²) in [7, 11) is 0. The monoisotopic (exact) mass is 528 g/mol. The molecule has 3 fully saturated rings. The molecule has 6 rings (SSSR count). The maximum Gasteiger partial charge on any atom is 0.249 e. The SMILES string of the molecule is NC(=O)c1cccc(C2=CSC3=NCCN23)c1[C@@H](C(=O)N1C[C@H](Cl)[C@H]2OCC(=O)[C@H]21)C1CCCCC1. The van der Waals surface area contributed by atoms with Crippen LogP contribution in [0.2, 0.25) is 0 Å². The van der Waals surface area contributed by atoms with Gasteiger partial charge in [-0.2, -0.15) is 0 Å². The molecule has 0 bridgehead atoms. The number of Topliss-reactive ketones (excluding diaryl/α,β-unsaturated/α-hetero) is 1. The van der Waals surface area contributed by atoms with Crippen LogP contribution in [0.15, 0.2) is 28.6 Å². The summed E-state index contributed by atoms with van der Waals surface area (Å²) in [4.78, 5) is 48.3. The zero-order valence-corrected chi connectivity index (χ0v) is 21.5. The lowest BCUT2D eigenvalue weighted by atomic mass is 9.73. The largest absolute Gasteiger partial charge is 0.366 e. The summed E-state index contributed by atoms with van der Waals surface area (Å²) in [5, 5.41) is 2.53. The lowest BCUT2D eigenvalue weighted by molar-refractivity contribution is -0.139. The molecule has 2 amide bonds. The van der Waals surface area contributed by atoms with Gasteiger partial charge in [-0.1, -0.05) is 43.2 Å². The summed E-state index contributed by atoms with van der Waals surface area (Å²) in [6.07, 6.45) is 4.44. The van der Waals surface area contributed by atoms with E-state index >= 15 is 0 Å². The number of carbonyl (C=O) groups is 3. The molecule has 4 aliphatic heterocycles. The fourth-order valence-corrected chi connectivity index (χ4v) is 7.81. The molecule has 1 aliphatic carbocycles. The molecule has 5 aliphatic rings. The van der Waals surface area contributed by atoms with Gasteiger partial charge in [0.1, 0.15) is 18.8 Å². The molecule has 10 heteroatoms. The fraction of sp³-hybridized carbons (Fsp3) is 0.538. The Hall–Kier alpha value is -2.36. The maximum atomic E-state index is 14.5. The zero-order valence-electron chi connectivity index (χ0n) is 19.9. The number of alkyl halides is 1. The number of rotatable bonds is 5. The van der Waals surface area contributed by atoms with Gasteiger partial charge in [0, 0.05) is 29.6 Å². The van der Waals surface area contributed by atoms with Gasteiger partial charge < -0.3 is 20.3 Å². The number of amides is 2. The summed E-state index contributed by atoms with van der Waals surface area (Å²) in [6, 6.07) is 4.84. The van der Waals surface area contributed by atoms with Crippen LogP contribution in [0.5, 0.6) is 0 Å². The van der Waals surface area contributed by atoms with Crippen LogP contribution in [0, 0.1) is 5.92 Å². The second-order valence-electron chi connectivity index (χ2n) is 10.1. The Labute approximate surface area is 219 Å². The normalized spacial score (nSPS) is 28.7. The van der Waals surface area contributed by atoms with E-state index in [2.05, 4.69) is 9.89 Å². The van der Waals surface area contributed by atoms with E-state index in [1.807, 2.05) is 17.5 Å². The van der Waals surface area contributed by atoms with Crippen molar-refractivity contribution in [3.8, 4) is 0 Å². The first kappa shape index (κ1) is 24.0. The Morgan fingerprint density at radius 2 is 2.03 bits per heavy atom. The number of thioether (sulfide) groups is 1. The van der Waals surface area contributed by atoms with E-state index in [4.69, 9.17) is 22.1 Å². The molecule has 1 saturated carbocycles. The van der Waals surface area contributed by atoms with Crippen LogP contribution >= 0.6 is 23.4 Å².